The van der Waals surface area contributed by atoms with Gasteiger partial charge in [0.25, 0.3) is 0 Å². The highest BCUT2D eigenvalue weighted by Crippen LogP contribution is 2.13. The number of hydrogen-bond donors (Lipinski definition) is 1. The Bertz CT molecular complexity index is 514. The number of benzene rings is 1. The number of aromatic nitrogens is 1. The van der Waals surface area contributed by atoms with Crippen molar-refractivity contribution in [1.82, 2.24) is 4.57 Å². The van der Waals surface area contributed by atoms with Gasteiger partial charge in [0.05, 0.1) is 5.56 Å². The zero-order chi connectivity index (χ0) is 12.3. The van der Waals surface area contributed by atoms with E-state index in [1.54, 1.807) is 12.3 Å². The summed E-state index contributed by atoms with van der Waals surface area (Å²) in [6.07, 6.45) is 3.40. The van der Waals surface area contributed by atoms with Crippen molar-refractivity contribution < 1.29 is 9.90 Å². The molecule has 0 spiro atoms. The van der Waals surface area contributed by atoms with Crippen LogP contribution in [0.15, 0.2) is 42.6 Å². The molecule has 0 saturated carbocycles. The first-order chi connectivity index (χ1) is 8.18. The molecule has 1 aromatic carbocycles. The molecule has 88 valence electrons. The van der Waals surface area contributed by atoms with Crippen LogP contribution in [0.25, 0.3) is 0 Å². The highest BCUT2D eigenvalue weighted by Gasteiger charge is 2.12. The number of hydrogen-bond acceptors (Lipinski definition) is 1. The third-order valence-electron chi connectivity index (χ3n) is 2.93. The molecule has 3 heteroatoms. The Morgan fingerprint density at radius 3 is 2.53 bits per heavy atom. The van der Waals surface area contributed by atoms with Gasteiger partial charge in [-0.3, -0.25) is 0 Å². The number of carboxylic acid groups (broad SMARTS) is 1. The second-order valence-corrected chi connectivity index (χ2v) is 4.08. The van der Waals surface area contributed by atoms with Crippen LogP contribution >= 0.6 is 0 Å². The number of aromatic carboxylic acids is 1. The second kappa shape index (κ2) is 4.87. The zero-order valence-electron chi connectivity index (χ0n) is 9.76. The molecule has 0 aliphatic carbocycles. The van der Waals surface area contributed by atoms with Gasteiger partial charge < -0.3 is 9.67 Å². The van der Waals surface area contributed by atoms with Crippen LogP contribution in [-0.2, 0) is 19.9 Å². The monoisotopic (exact) mass is 229 g/mol. The minimum atomic E-state index is -0.853. The first-order valence-corrected chi connectivity index (χ1v) is 5.60. The Balaban J connectivity index is 2.14. The van der Waals surface area contributed by atoms with Crippen molar-refractivity contribution in [2.45, 2.75) is 12.8 Å². The lowest BCUT2D eigenvalue weighted by Gasteiger charge is -2.05. The van der Waals surface area contributed by atoms with Crippen LogP contribution in [0.2, 0.25) is 0 Å². The summed E-state index contributed by atoms with van der Waals surface area (Å²) in [5.41, 5.74) is 2.51. The molecule has 2 aromatic rings. The fourth-order valence-corrected chi connectivity index (χ4v) is 1.98. The molecule has 0 bridgehead atoms. The van der Waals surface area contributed by atoms with Gasteiger partial charge in [0.1, 0.15) is 0 Å². The molecule has 1 heterocycles. The van der Waals surface area contributed by atoms with E-state index >= 15 is 0 Å². The lowest BCUT2D eigenvalue weighted by Crippen LogP contribution is -2.05. The summed E-state index contributed by atoms with van der Waals surface area (Å²) >= 11 is 0. The molecule has 17 heavy (non-hydrogen) atoms. The number of aryl methyl sites for hydroxylation is 2. The third kappa shape index (κ3) is 2.56. The quantitative estimate of drug-likeness (QED) is 0.875. The molecule has 0 fully saturated rings. The highest BCUT2D eigenvalue weighted by molar-refractivity contribution is 5.89. The van der Waals surface area contributed by atoms with Crippen LogP contribution in [0.1, 0.15) is 21.6 Å². The topological polar surface area (TPSA) is 42.2 Å². The molecule has 0 unspecified atom stereocenters. The van der Waals surface area contributed by atoms with Crippen molar-refractivity contribution in [2.75, 3.05) is 0 Å². The maximum atomic E-state index is 11.0. The van der Waals surface area contributed by atoms with E-state index in [2.05, 4.69) is 12.1 Å². The van der Waals surface area contributed by atoms with Gasteiger partial charge >= 0.3 is 5.97 Å². The van der Waals surface area contributed by atoms with E-state index in [0.29, 0.717) is 5.56 Å². The van der Waals surface area contributed by atoms with Crippen LogP contribution in [-0.4, -0.2) is 15.6 Å². The average Bonchev–Trinajstić information content (AvgIpc) is 2.69. The van der Waals surface area contributed by atoms with Gasteiger partial charge in [0.2, 0.25) is 0 Å². The van der Waals surface area contributed by atoms with Crippen LogP contribution in [0.3, 0.4) is 0 Å². The summed E-state index contributed by atoms with van der Waals surface area (Å²) in [6.45, 7) is 0. The minimum absolute atomic E-state index is 0.406. The maximum Gasteiger partial charge on any atom is 0.337 e. The van der Waals surface area contributed by atoms with Crippen molar-refractivity contribution in [3.8, 4) is 0 Å². The Morgan fingerprint density at radius 2 is 1.88 bits per heavy atom. The molecular weight excluding hydrogens is 214 g/mol. The molecule has 0 radical (unpaired) electrons. The van der Waals surface area contributed by atoms with Crippen molar-refractivity contribution in [1.29, 1.82) is 0 Å². The third-order valence-corrected chi connectivity index (χ3v) is 2.93. The summed E-state index contributed by atoms with van der Waals surface area (Å²) in [6, 6.07) is 11.8. The number of carboxylic acids is 1. The van der Waals surface area contributed by atoms with Crippen molar-refractivity contribution in [2.24, 2.45) is 7.05 Å². The minimum Gasteiger partial charge on any atom is -0.478 e. The van der Waals surface area contributed by atoms with E-state index in [9.17, 15) is 4.79 Å². The van der Waals surface area contributed by atoms with Gasteiger partial charge in [-0.1, -0.05) is 30.3 Å². The fourth-order valence-electron chi connectivity index (χ4n) is 1.98. The van der Waals surface area contributed by atoms with Gasteiger partial charge in [-0.15, -0.1) is 0 Å². The first-order valence-electron chi connectivity index (χ1n) is 5.60. The Kier molecular flexibility index (Phi) is 3.28. The predicted molar refractivity (Wildman–Crippen MR) is 66.2 cm³/mol. The molecule has 1 N–H and O–H groups in total. The van der Waals surface area contributed by atoms with Crippen molar-refractivity contribution in [3.05, 3.63) is 59.4 Å². The Labute approximate surface area is 100 Å². The molecule has 2 rings (SSSR count). The number of rotatable bonds is 4. The van der Waals surface area contributed by atoms with Crippen LogP contribution in [0, 0.1) is 0 Å². The lowest BCUT2D eigenvalue weighted by atomic mass is 10.1. The molecule has 0 amide bonds. The van der Waals surface area contributed by atoms with E-state index in [0.717, 1.165) is 18.5 Å². The normalized spacial score (nSPS) is 10.4. The zero-order valence-corrected chi connectivity index (χ0v) is 9.76. The summed E-state index contributed by atoms with van der Waals surface area (Å²) < 4.78 is 1.88. The summed E-state index contributed by atoms with van der Waals surface area (Å²) in [5.74, 6) is -0.853. The summed E-state index contributed by atoms with van der Waals surface area (Å²) in [7, 11) is 1.88. The van der Waals surface area contributed by atoms with Crippen LogP contribution in [0.5, 0.6) is 0 Å². The molecule has 0 atom stereocenters. The summed E-state index contributed by atoms with van der Waals surface area (Å²) in [5, 5.41) is 9.06. The van der Waals surface area contributed by atoms with E-state index in [1.807, 2.05) is 29.8 Å². The van der Waals surface area contributed by atoms with E-state index in [-0.39, 0.29) is 0 Å². The standard InChI is InChI=1S/C14H15NO2/c1-15-10-9-12(14(16)17)13(15)8-7-11-5-3-2-4-6-11/h2-6,9-10H,7-8H2,1H3,(H,16,17). The SMILES string of the molecule is Cn1ccc(C(=O)O)c1CCc1ccccc1. The van der Waals surface area contributed by atoms with Gasteiger partial charge in [-0.25, -0.2) is 4.79 Å². The average molecular weight is 229 g/mol. The van der Waals surface area contributed by atoms with Crippen molar-refractivity contribution in [3.63, 3.8) is 0 Å². The second-order valence-electron chi connectivity index (χ2n) is 4.08. The molecule has 0 saturated heterocycles. The molecule has 1 aromatic heterocycles. The summed E-state index contributed by atoms with van der Waals surface area (Å²) in [4.78, 5) is 11.0. The first kappa shape index (κ1) is 11.5. The van der Waals surface area contributed by atoms with Crippen LogP contribution in [0.4, 0.5) is 0 Å². The smallest absolute Gasteiger partial charge is 0.337 e. The van der Waals surface area contributed by atoms with Crippen LogP contribution < -0.4 is 0 Å². The fraction of sp³-hybridized carbons (Fsp3) is 0.214. The Hall–Kier alpha value is -2.03. The molecule has 0 aliphatic heterocycles. The van der Waals surface area contributed by atoms with Gasteiger partial charge in [0, 0.05) is 18.9 Å². The largest absolute Gasteiger partial charge is 0.478 e. The maximum absolute atomic E-state index is 11.0. The van der Waals surface area contributed by atoms with Gasteiger partial charge in [-0.2, -0.15) is 0 Å². The molecule has 0 aliphatic rings. The van der Waals surface area contributed by atoms with Gasteiger partial charge in [0.15, 0.2) is 0 Å². The predicted octanol–water partition coefficient (Wildman–Crippen LogP) is 2.51. The lowest BCUT2D eigenvalue weighted by molar-refractivity contribution is 0.0695. The molecule has 3 nitrogen and oxygen atoms in total. The van der Waals surface area contributed by atoms with E-state index < -0.39 is 5.97 Å². The number of carbonyl (C=O) groups is 1. The van der Waals surface area contributed by atoms with Crippen molar-refractivity contribution >= 4 is 5.97 Å². The Morgan fingerprint density at radius 1 is 1.18 bits per heavy atom. The van der Waals surface area contributed by atoms with E-state index in [4.69, 9.17) is 5.11 Å². The van der Waals surface area contributed by atoms with E-state index in [1.165, 1.54) is 5.56 Å². The van der Waals surface area contributed by atoms with Gasteiger partial charge in [-0.05, 0) is 24.5 Å². The highest BCUT2D eigenvalue weighted by atomic mass is 16.4. The number of nitrogens with zero attached hydrogens (tertiary/aromatic N) is 1. The molecular formula is C14H15NO2.